The zero-order chi connectivity index (χ0) is 18.7. The molecule has 3 rings (SSSR count). The van der Waals surface area contributed by atoms with Crippen molar-refractivity contribution in [1.82, 2.24) is 25.1 Å². The Morgan fingerprint density at radius 3 is 2.42 bits per heavy atom. The maximum Gasteiger partial charge on any atom is 0.418 e. The average molecular weight is 400 g/mol. The summed E-state index contributed by atoms with van der Waals surface area (Å²) in [7, 11) is 0. The summed E-state index contributed by atoms with van der Waals surface area (Å²) in [5, 5.41) is 10.6. The van der Waals surface area contributed by atoms with Crippen molar-refractivity contribution in [3.05, 3.63) is 35.7 Å². The monoisotopic (exact) mass is 400 g/mol. The number of rotatable bonds is 5. The Bertz CT molecular complexity index is 894. The van der Waals surface area contributed by atoms with Gasteiger partial charge in [-0.2, -0.15) is 28.1 Å². The van der Waals surface area contributed by atoms with Gasteiger partial charge in [0.1, 0.15) is 5.82 Å². The van der Waals surface area contributed by atoms with Crippen LogP contribution in [0.2, 0.25) is 0 Å². The van der Waals surface area contributed by atoms with Gasteiger partial charge in [0.2, 0.25) is 17.0 Å². The van der Waals surface area contributed by atoms with Gasteiger partial charge >= 0.3 is 6.18 Å². The molecule has 26 heavy (non-hydrogen) atoms. The molecule has 2 aromatic heterocycles. The normalized spacial score (nSPS) is 11.5. The van der Waals surface area contributed by atoms with Crippen molar-refractivity contribution in [2.45, 2.75) is 16.3 Å². The number of hydrogen-bond donors (Lipinski definition) is 3. The second-order valence-corrected chi connectivity index (χ2v) is 7.00. The highest BCUT2D eigenvalue weighted by Gasteiger charge is 2.33. The molecule has 0 atom stereocenters. The van der Waals surface area contributed by atoms with Crippen molar-refractivity contribution in [1.29, 1.82) is 0 Å². The fraction of sp³-hybridized carbons (Fsp3) is 0.154. The Hall–Kier alpha value is -2.67. The van der Waals surface area contributed by atoms with E-state index in [0.29, 0.717) is 15.9 Å². The molecule has 5 N–H and O–H groups in total. The van der Waals surface area contributed by atoms with Gasteiger partial charge in [-0.3, -0.25) is 0 Å². The van der Waals surface area contributed by atoms with E-state index in [0.717, 1.165) is 17.4 Å². The van der Waals surface area contributed by atoms with Crippen LogP contribution in [0.4, 0.5) is 35.9 Å². The SMILES string of the molecule is Nc1nc(N)nc(CSc2nnc(Nc3ccccc3C(F)(F)F)s2)n1. The van der Waals surface area contributed by atoms with Gasteiger partial charge in [-0.1, -0.05) is 35.2 Å². The Balaban J connectivity index is 1.69. The number of aromatic nitrogens is 5. The summed E-state index contributed by atoms with van der Waals surface area (Å²) in [5.41, 5.74) is 10.1. The molecule has 0 amide bonds. The third-order valence-electron chi connectivity index (χ3n) is 2.92. The molecule has 136 valence electrons. The van der Waals surface area contributed by atoms with Crippen LogP contribution in [-0.4, -0.2) is 25.1 Å². The van der Waals surface area contributed by atoms with Crippen molar-refractivity contribution < 1.29 is 13.2 Å². The molecule has 0 aliphatic heterocycles. The molecular weight excluding hydrogens is 389 g/mol. The molecule has 0 saturated heterocycles. The minimum absolute atomic E-state index is 0.0106. The topological polar surface area (TPSA) is 129 Å². The average Bonchev–Trinajstić information content (AvgIpc) is 2.99. The number of nitrogen functional groups attached to an aromatic ring is 2. The largest absolute Gasteiger partial charge is 0.418 e. The highest BCUT2D eigenvalue weighted by Crippen LogP contribution is 2.37. The summed E-state index contributed by atoms with van der Waals surface area (Å²) in [6.07, 6.45) is -4.47. The van der Waals surface area contributed by atoms with Crippen LogP contribution in [0.3, 0.4) is 0 Å². The minimum Gasteiger partial charge on any atom is -0.368 e. The Morgan fingerprint density at radius 2 is 1.73 bits per heavy atom. The third kappa shape index (κ3) is 4.49. The van der Waals surface area contributed by atoms with E-state index >= 15 is 0 Å². The molecule has 0 spiro atoms. The standard InChI is InChI=1S/C13H11F3N8S2/c14-13(15,16)6-3-1-2-4-7(6)19-11-23-24-12(26-11)25-5-8-20-9(17)22-10(18)21-8/h1-4H,5H2,(H,19,23)(H4,17,18,20,21,22). The van der Waals surface area contributed by atoms with Gasteiger partial charge in [-0.05, 0) is 12.1 Å². The summed E-state index contributed by atoms with van der Waals surface area (Å²) in [5.74, 6) is 0.699. The molecular formula is C13H11F3N8S2. The summed E-state index contributed by atoms with van der Waals surface area (Å²) in [6.45, 7) is 0. The molecule has 3 aromatic rings. The fourth-order valence-electron chi connectivity index (χ4n) is 1.92. The first-order valence-corrected chi connectivity index (χ1v) is 8.77. The van der Waals surface area contributed by atoms with E-state index in [4.69, 9.17) is 11.5 Å². The molecule has 13 heteroatoms. The van der Waals surface area contributed by atoms with Gasteiger partial charge in [0.05, 0.1) is 17.0 Å². The third-order valence-corrected chi connectivity index (χ3v) is 4.89. The van der Waals surface area contributed by atoms with E-state index in [1.54, 1.807) is 0 Å². The van der Waals surface area contributed by atoms with E-state index < -0.39 is 11.7 Å². The van der Waals surface area contributed by atoms with Crippen LogP contribution in [0, 0.1) is 0 Å². The number of para-hydroxylation sites is 1. The number of alkyl halides is 3. The lowest BCUT2D eigenvalue weighted by molar-refractivity contribution is -0.136. The quantitative estimate of drug-likeness (QED) is 0.554. The van der Waals surface area contributed by atoms with Crippen LogP contribution >= 0.6 is 23.1 Å². The molecule has 0 aliphatic rings. The molecule has 0 unspecified atom stereocenters. The lowest BCUT2D eigenvalue weighted by Gasteiger charge is -2.12. The van der Waals surface area contributed by atoms with E-state index in [1.165, 1.54) is 30.0 Å². The first-order chi connectivity index (χ1) is 12.3. The van der Waals surface area contributed by atoms with Crippen molar-refractivity contribution >= 4 is 45.8 Å². The first-order valence-electron chi connectivity index (χ1n) is 6.97. The van der Waals surface area contributed by atoms with E-state index in [2.05, 4.69) is 30.5 Å². The summed E-state index contributed by atoms with van der Waals surface area (Å²) in [6, 6.07) is 5.15. The molecule has 0 radical (unpaired) electrons. The van der Waals surface area contributed by atoms with E-state index in [-0.39, 0.29) is 22.7 Å². The first kappa shape index (κ1) is 18.1. The number of thioether (sulfide) groups is 1. The maximum absolute atomic E-state index is 13.0. The van der Waals surface area contributed by atoms with Crippen LogP contribution in [0.15, 0.2) is 28.6 Å². The van der Waals surface area contributed by atoms with E-state index in [9.17, 15) is 13.2 Å². The maximum atomic E-state index is 13.0. The van der Waals surface area contributed by atoms with Gasteiger partial charge in [0.15, 0.2) is 4.34 Å². The Labute approximate surface area is 153 Å². The van der Waals surface area contributed by atoms with Gasteiger partial charge in [-0.25, -0.2) is 0 Å². The lowest BCUT2D eigenvalue weighted by atomic mass is 10.2. The number of nitrogens with one attached hydrogen (secondary N) is 1. The van der Waals surface area contributed by atoms with Crippen molar-refractivity contribution in [2.24, 2.45) is 0 Å². The molecule has 0 aliphatic carbocycles. The number of halogens is 3. The van der Waals surface area contributed by atoms with Crippen molar-refractivity contribution in [3.63, 3.8) is 0 Å². The predicted octanol–water partition coefficient (Wildman–Crippen LogP) is 2.94. The number of nitrogens with two attached hydrogens (primary N) is 2. The van der Waals surface area contributed by atoms with Crippen LogP contribution in [-0.2, 0) is 11.9 Å². The fourth-order valence-corrected chi connectivity index (χ4v) is 3.54. The van der Waals surface area contributed by atoms with Gasteiger partial charge in [0.25, 0.3) is 0 Å². The lowest BCUT2D eigenvalue weighted by Crippen LogP contribution is -2.08. The van der Waals surface area contributed by atoms with Crippen LogP contribution in [0.1, 0.15) is 11.4 Å². The van der Waals surface area contributed by atoms with Crippen molar-refractivity contribution in [2.75, 3.05) is 16.8 Å². The minimum atomic E-state index is -4.47. The molecule has 0 fully saturated rings. The second kappa shape index (κ2) is 7.29. The molecule has 8 nitrogen and oxygen atoms in total. The smallest absolute Gasteiger partial charge is 0.368 e. The molecule has 0 bridgehead atoms. The number of nitrogens with zero attached hydrogens (tertiary/aromatic N) is 5. The zero-order valence-corrected chi connectivity index (χ0v) is 14.5. The van der Waals surface area contributed by atoms with Crippen LogP contribution in [0.5, 0.6) is 0 Å². The zero-order valence-electron chi connectivity index (χ0n) is 12.9. The van der Waals surface area contributed by atoms with Gasteiger partial charge in [-0.15, -0.1) is 10.2 Å². The summed E-state index contributed by atoms with van der Waals surface area (Å²) >= 11 is 2.35. The highest BCUT2D eigenvalue weighted by atomic mass is 32.2. The Kier molecular flexibility index (Phi) is 5.08. The van der Waals surface area contributed by atoms with Crippen LogP contribution in [0.25, 0.3) is 0 Å². The van der Waals surface area contributed by atoms with Crippen molar-refractivity contribution in [3.8, 4) is 0 Å². The van der Waals surface area contributed by atoms with Crippen LogP contribution < -0.4 is 16.8 Å². The molecule has 1 aromatic carbocycles. The highest BCUT2D eigenvalue weighted by molar-refractivity contribution is 8.00. The van der Waals surface area contributed by atoms with Gasteiger partial charge in [0, 0.05) is 0 Å². The number of anilines is 4. The van der Waals surface area contributed by atoms with E-state index in [1.807, 2.05) is 0 Å². The van der Waals surface area contributed by atoms with Gasteiger partial charge < -0.3 is 16.8 Å². The number of hydrogen-bond acceptors (Lipinski definition) is 10. The number of benzene rings is 1. The predicted molar refractivity (Wildman–Crippen MR) is 92.8 cm³/mol. The molecule has 0 saturated carbocycles. The second-order valence-electron chi connectivity index (χ2n) is 4.80. The molecule has 2 heterocycles. The summed E-state index contributed by atoms with van der Waals surface area (Å²) < 4.78 is 39.6. The Morgan fingerprint density at radius 1 is 1.04 bits per heavy atom. The summed E-state index contributed by atoms with van der Waals surface area (Å²) in [4.78, 5) is 11.5.